The van der Waals surface area contributed by atoms with Gasteiger partial charge in [-0.15, -0.1) is 0 Å². The average molecular weight is 1520 g/mol. The Balaban J connectivity index is 5.23. The van der Waals surface area contributed by atoms with Crippen LogP contribution in [-0.4, -0.2) is 96.7 Å². The maximum Gasteiger partial charge on any atom is 0.472 e. The molecular weight excluding hydrogens is 1350 g/mol. The summed E-state index contributed by atoms with van der Waals surface area (Å²) in [6.07, 6.45) is 65.3. The molecule has 0 heterocycles. The summed E-state index contributed by atoms with van der Waals surface area (Å²) >= 11 is 0. The van der Waals surface area contributed by atoms with E-state index >= 15 is 0 Å². The van der Waals surface area contributed by atoms with Crippen LogP contribution in [0.1, 0.15) is 447 Å². The zero-order valence-electron chi connectivity index (χ0n) is 68.5. The van der Waals surface area contributed by atoms with Crippen molar-refractivity contribution in [3.63, 3.8) is 0 Å². The molecular formula is C85H166O17P2. The van der Waals surface area contributed by atoms with Gasteiger partial charge in [-0.3, -0.25) is 37.3 Å². The molecule has 3 N–H and O–H groups in total. The lowest BCUT2D eigenvalue weighted by Gasteiger charge is -2.21. The molecule has 3 unspecified atom stereocenters. The largest absolute Gasteiger partial charge is 0.472 e. The van der Waals surface area contributed by atoms with Gasteiger partial charge < -0.3 is 33.8 Å². The van der Waals surface area contributed by atoms with E-state index in [0.29, 0.717) is 25.7 Å². The molecule has 104 heavy (non-hydrogen) atoms. The SMILES string of the molecule is CCCCCCCCCCCCCCCCCCCCCCCC(=O)O[C@H](COC(=O)CCCCCCCCCCCCCCCCCCC(C)C)COP(=O)(O)OC[C@@H](O)COP(=O)(O)OC[C@@H](COC(=O)CCCCCCCCCCC(C)CC)OC(=O)CCCCCCCCCCCC(C)C. The first-order chi connectivity index (χ1) is 50.3. The minimum absolute atomic E-state index is 0.105. The summed E-state index contributed by atoms with van der Waals surface area (Å²) in [6, 6.07) is 0. The van der Waals surface area contributed by atoms with Crippen molar-refractivity contribution in [2.24, 2.45) is 17.8 Å². The van der Waals surface area contributed by atoms with Crippen LogP contribution in [0.15, 0.2) is 0 Å². The van der Waals surface area contributed by atoms with Crippen LogP contribution in [0.4, 0.5) is 0 Å². The number of carbonyl (C=O) groups excluding carboxylic acids is 4. The Labute approximate surface area is 638 Å². The fraction of sp³-hybridized carbons (Fsp3) is 0.953. The van der Waals surface area contributed by atoms with E-state index < -0.39 is 97.5 Å². The third-order valence-electron chi connectivity index (χ3n) is 20.2. The van der Waals surface area contributed by atoms with E-state index in [1.165, 1.54) is 257 Å². The molecule has 0 aliphatic carbocycles. The van der Waals surface area contributed by atoms with Crippen molar-refractivity contribution in [2.75, 3.05) is 39.6 Å². The fourth-order valence-electron chi connectivity index (χ4n) is 13.2. The Hall–Kier alpha value is -1.94. The van der Waals surface area contributed by atoms with Crippen LogP contribution >= 0.6 is 15.6 Å². The first-order valence-corrected chi connectivity index (χ1v) is 46.9. The molecule has 0 bridgehead atoms. The van der Waals surface area contributed by atoms with Gasteiger partial charge in [0.1, 0.15) is 19.3 Å². The summed E-state index contributed by atoms with van der Waals surface area (Å²) in [6.45, 7) is 12.0. The van der Waals surface area contributed by atoms with Gasteiger partial charge >= 0.3 is 39.5 Å². The lowest BCUT2D eigenvalue weighted by Crippen LogP contribution is -2.30. The topological polar surface area (TPSA) is 237 Å². The monoisotopic (exact) mass is 1520 g/mol. The van der Waals surface area contributed by atoms with E-state index in [1.807, 2.05) is 0 Å². The maximum absolute atomic E-state index is 13.1. The van der Waals surface area contributed by atoms with Crippen molar-refractivity contribution in [3.8, 4) is 0 Å². The molecule has 0 radical (unpaired) electrons. The van der Waals surface area contributed by atoms with Gasteiger partial charge in [0.25, 0.3) is 0 Å². The predicted octanol–water partition coefficient (Wildman–Crippen LogP) is 25.7. The molecule has 6 atom stereocenters. The van der Waals surface area contributed by atoms with Crippen LogP contribution in [0.25, 0.3) is 0 Å². The van der Waals surface area contributed by atoms with Gasteiger partial charge in [0.15, 0.2) is 12.2 Å². The number of esters is 4. The second-order valence-electron chi connectivity index (χ2n) is 31.8. The molecule has 0 spiro atoms. The summed E-state index contributed by atoms with van der Waals surface area (Å²) in [5.74, 6) is 0.218. The minimum Gasteiger partial charge on any atom is -0.462 e. The van der Waals surface area contributed by atoms with E-state index in [9.17, 15) is 43.2 Å². The van der Waals surface area contributed by atoms with Gasteiger partial charge in [-0.05, 0) is 43.4 Å². The highest BCUT2D eigenvalue weighted by molar-refractivity contribution is 7.47. The second-order valence-corrected chi connectivity index (χ2v) is 34.7. The van der Waals surface area contributed by atoms with Crippen molar-refractivity contribution in [2.45, 2.75) is 465 Å². The molecule has 0 saturated heterocycles. The van der Waals surface area contributed by atoms with E-state index in [0.717, 1.165) is 108 Å². The highest BCUT2D eigenvalue weighted by Crippen LogP contribution is 2.45. The second kappa shape index (κ2) is 75.1. The average Bonchev–Trinajstić information content (AvgIpc) is 0.903. The molecule has 19 heteroatoms. The number of aliphatic hydroxyl groups is 1. The predicted molar refractivity (Wildman–Crippen MR) is 428 cm³/mol. The zero-order chi connectivity index (χ0) is 76.5. The zero-order valence-corrected chi connectivity index (χ0v) is 70.3. The van der Waals surface area contributed by atoms with Gasteiger partial charge in [0.05, 0.1) is 26.4 Å². The van der Waals surface area contributed by atoms with Crippen molar-refractivity contribution in [1.29, 1.82) is 0 Å². The molecule has 17 nitrogen and oxygen atoms in total. The molecule has 0 aromatic carbocycles. The number of carbonyl (C=O) groups is 4. The van der Waals surface area contributed by atoms with Crippen molar-refractivity contribution in [1.82, 2.24) is 0 Å². The fourth-order valence-corrected chi connectivity index (χ4v) is 14.7. The van der Waals surface area contributed by atoms with Crippen molar-refractivity contribution in [3.05, 3.63) is 0 Å². The molecule has 0 aromatic rings. The van der Waals surface area contributed by atoms with Gasteiger partial charge in [0, 0.05) is 25.7 Å². The van der Waals surface area contributed by atoms with Gasteiger partial charge in [-0.1, -0.05) is 395 Å². The van der Waals surface area contributed by atoms with Gasteiger partial charge in [-0.25, -0.2) is 9.13 Å². The van der Waals surface area contributed by atoms with Crippen LogP contribution < -0.4 is 0 Å². The Morgan fingerprint density at radius 2 is 0.490 bits per heavy atom. The standard InChI is InChI=1S/C85H166O17P2/c1-8-10-11-12-13-14-15-16-17-18-19-20-21-22-27-30-33-38-47-54-61-68-84(89)101-80(72-95-82(87)66-59-52-45-37-32-29-26-24-23-25-28-31-35-42-49-56-63-76(3)4)74-99-103(91,92)97-70-79(86)71-98-104(93,94)100-75-81(102-85(90)69-62-55-48-39-34-36-43-50-57-64-77(5)6)73-96-83(88)67-60-53-46-41-40-44-51-58-65-78(7)9-2/h76-81,86H,8-75H2,1-7H3,(H,91,92)(H,93,94)/t78?,79-,80-,81-/m1/s1. The number of phosphoric ester groups is 2. The first-order valence-electron chi connectivity index (χ1n) is 43.9. The molecule has 0 saturated carbocycles. The summed E-state index contributed by atoms with van der Waals surface area (Å²) in [4.78, 5) is 73.2. The van der Waals surface area contributed by atoms with Crippen molar-refractivity contribution < 1.29 is 80.2 Å². The number of aliphatic hydroxyl groups excluding tert-OH is 1. The number of hydrogen-bond acceptors (Lipinski definition) is 15. The highest BCUT2D eigenvalue weighted by atomic mass is 31.2. The summed E-state index contributed by atoms with van der Waals surface area (Å²) in [5.41, 5.74) is 0. The lowest BCUT2D eigenvalue weighted by atomic mass is 9.99. The Morgan fingerprint density at radius 3 is 0.731 bits per heavy atom. The number of ether oxygens (including phenoxy) is 4. The Bertz CT molecular complexity index is 2010. The normalized spacial score (nSPS) is 14.2. The number of phosphoric acid groups is 2. The number of unbranched alkanes of at least 4 members (excludes halogenated alkanes) is 50. The molecule has 0 amide bonds. The smallest absolute Gasteiger partial charge is 0.462 e. The highest BCUT2D eigenvalue weighted by Gasteiger charge is 2.30. The third-order valence-corrected chi connectivity index (χ3v) is 22.1. The Kier molecular flexibility index (Phi) is 73.7. The first kappa shape index (κ1) is 102. The van der Waals surface area contributed by atoms with E-state index in [1.54, 1.807) is 0 Å². The summed E-state index contributed by atoms with van der Waals surface area (Å²) < 4.78 is 68.8. The van der Waals surface area contributed by atoms with Gasteiger partial charge in [-0.2, -0.15) is 0 Å². The molecule has 0 fully saturated rings. The van der Waals surface area contributed by atoms with Crippen LogP contribution in [0, 0.1) is 17.8 Å². The quantitative estimate of drug-likeness (QED) is 0.0222. The van der Waals surface area contributed by atoms with Crippen LogP contribution in [-0.2, 0) is 65.4 Å². The molecule has 0 aliphatic rings. The lowest BCUT2D eigenvalue weighted by molar-refractivity contribution is -0.161. The number of rotatable bonds is 83. The van der Waals surface area contributed by atoms with E-state index in [4.69, 9.17) is 37.0 Å². The maximum atomic E-state index is 13.1. The van der Waals surface area contributed by atoms with Crippen LogP contribution in [0.2, 0.25) is 0 Å². The van der Waals surface area contributed by atoms with E-state index in [-0.39, 0.29) is 25.7 Å². The molecule has 0 aromatic heterocycles. The molecule has 618 valence electrons. The van der Waals surface area contributed by atoms with Crippen LogP contribution in [0.5, 0.6) is 0 Å². The summed E-state index contributed by atoms with van der Waals surface area (Å²) in [5, 5.41) is 10.7. The summed E-state index contributed by atoms with van der Waals surface area (Å²) in [7, 11) is -9.93. The Morgan fingerprint density at radius 1 is 0.279 bits per heavy atom. The van der Waals surface area contributed by atoms with Gasteiger partial charge in [0.2, 0.25) is 0 Å². The van der Waals surface area contributed by atoms with Crippen molar-refractivity contribution >= 4 is 39.5 Å². The minimum atomic E-state index is -4.97. The third kappa shape index (κ3) is 76.8. The molecule has 0 rings (SSSR count). The van der Waals surface area contributed by atoms with E-state index in [2.05, 4.69) is 48.5 Å². The van der Waals surface area contributed by atoms with Crippen LogP contribution in [0.3, 0.4) is 0 Å². The number of hydrogen-bond donors (Lipinski definition) is 3. The molecule has 0 aliphatic heterocycles.